The van der Waals surface area contributed by atoms with Crippen LogP contribution in [0.25, 0.3) is 0 Å². The van der Waals surface area contributed by atoms with Gasteiger partial charge in [0.25, 0.3) is 0 Å². The Balaban J connectivity index is 1.73. The number of carboxylic acids is 1. The van der Waals surface area contributed by atoms with Crippen molar-refractivity contribution in [2.75, 3.05) is 13.1 Å². The lowest BCUT2D eigenvalue weighted by atomic mass is 9.71. The summed E-state index contributed by atoms with van der Waals surface area (Å²) in [6.07, 6.45) is 6.77. The maximum Gasteiger partial charge on any atom is 0.314 e. The number of aliphatic carboxylic acids is 1. The van der Waals surface area contributed by atoms with Crippen LogP contribution in [0, 0.1) is 17.3 Å². The highest BCUT2D eigenvalue weighted by atomic mass is 16.4. The Morgan fingerprint density at radius 1 is 1.15 bits per heavy atom. The first-order valence-corrected chi connectivity index (χ1v) is 7.77. The van der Waals surface area contributed by atoms with Gasteiger partial charge in [0.15, 0.2) is 0 Å². The minimum Gasteiger partial charge on any atom is -0.481 e. The molecule has 0 radical (unpaired) electrons. The second-order valence-corrected chi connectivity index (χ2v) is 6.61. The summed E-state index contributed by atoms with van der Waals surface area (Å²) in [6, 6.07) is -0.232. The van der Waals surface area contributed by atoms with Crippen LogP contribution in [-0.2, 0) is 4.79 Å². The van der Waals surface area contributed by atoms with Crippen molar-refractivity contribution in [3.63, 3.8) is 0 Å². The van der Waals surface area contributed by atoms with E-state index >= 15 is 0 Å². The molecule has 5 nitrogen and oxygen atoms in total. The molecule has 5 heteroatoms. The number of hydrogen-bond donors (Lipinski definition) is 3. The van der Waals surface area contributed by atoms with Crippen LogP contribution in [0.4, 0.5) is 4.79 Å². The molecule has 0 saturated heterocycles. The van der Waals surface area contributed by atoms with Gasteiger partial charge in [-0.2, -0.15) is 0 Å². The summed E-state index contributed by atoms with van der Waals surface area (Å²) in [4.78, 5) is 23.2. The lowest BCUT2D eigenvalue weighted by molar-refractivity contribution is -0.151. The molecule has 0 aliphatic heterocycles. The van der Waals surface area contributed by atoms with Gasteiger partial charge in [-0.05, 0) is 43.9 Å². The number of amides is 2. The molecule has 2 aliphatic carbocycles. The van der Waals surface area contributed by atoms with E-state index < -0.39 is 11.4 Å². The van der Waals surface area contributed by atoms with Gasteiger partial charge >= 0.3 is 12.0 Å². The van der Waals surface area contributed by atoms with Crippen LogP contribution >= 0.6 is 0 Å². The lowest BCUT2D eigenvalue weighted by Crippen LogP contribution is -2.48. The van der Waals surface area contributed by atoms with Crippen LogP contribution in [0.3, 0.4) is 0 Å². The Kier molecular flexibility index (Phi) is 4.89. The van der Waals surface area contributed by atoms with E-state index in [0.29, 0.717) is 25.3 Å². The Morgan fingerprint density at radius 2 is 1.80 bits per heavy atom. The highest BCUT2D eigenvalue weighted by molar-refractivity contribution is 5.78. The third-order valence-electron chi connectivity index (χ3n) is 4.81. The topological polar surface area (TPSA) is 78.4 Å². The molecule has 3 N–H and O–H groups in total. The maximum atomic E-state index is 11.7. The van der Waals surface area contributed by atoms with E-state index in [1.165, 1.54) is 12.8 Å². The number of nitrogens with one attached hydrogen (secondary N) is 2. The molecular formula is C15H26N2O3. The van der Waals surface area contributed by atoms with Crippen LogP contribution in [0.15, 0.2) is 0 Å². The zero-order valence-electron chi connectivity index (χ0n) is 12.3. The molecule has 2 amide bonds. The largest absolute Gasteiger partial charge is 0.481 e. The van der Waals surface area contributed by atoms with Crippen molar-refractivity contribution in [3.8, 4) is 0 Å². The fraction of sp³-hybridized carbons (Fsp3) is 0.867. The maximum absolute atomic E-state index is 11.7. The van der Waals surface area contributed by atoms with Gasteiger partial charge in [0.2, 0.25) is 0 Å². The van der Waals surface area contributed by atoms with Crippen LogP contribution in [0.5, 0.6) is 0 Å². The molecule has 0 unspecified atom stereocenters. The minimum absolute atomic E-state index is 0.232. The van der Waals surface area contributed by atoms with Crippen LogP contribution in [-0.4, -0.2) is 30.2 Å². The van der Waals surface area contributed by atoms with Gasteiger partial charge in [0, 0.05) is 13.1 Å². The molecule has 114 valence electrons. The summed E-state index contributed by atoms with van der Waals surface area (Å²) < 4.78 is 0. The zero-order chi connectivity index (χ0) is 14.6. The summed E-state index contributed by atoms with van der Waals surface area (Å²) in [5.74, 6) is 0.609. The van der Waals surface area contributed by atoms with E-state index in [-0.39, 0.29) is 12.6 Å². The number of carboxylic acid groups (broad SMARTS) is 1. The standard InChI is InChI=1S/C15H26N2O3/c1-11-4-7-15(8-5-11,13(18)19)10-17-14(20)16-9-6-12-2-3-12/h11-12H,2-10H2,1H3,(H,18,19)(H2,16,17,20). The summed E-state index contributed by atoms with van der Waals surface area (Å²) in [7, 11) is 0. The van der Waals surface area contributed by atoms with Crippen molar-refractivity contribution in [1.29, 1.82) is 0 Å². The number of carbonyl (C=O) groups is 2. The number of hydrogen-bond acceptors (Lipinski definition) is 2. The van der Waals surface area contributed by atoms with Gasteiger partial charge in [0.1, 0.15) is 0 Å². The number of urea groups is 1. The van der Waals surface area contributed by atoms with Crippen molar-refractivity contribution < 1.29 is 14.7 Å². The summed E-state index contributed by atoms with van der Waals surface area (Å²) in [6.45, 7) is 3.09. The first-order valence-electron chi connectivity index (χ1n) is 7.77. The Labute approximate surface area is 120 Å². The molecule has 0 aromatic rings. The van der Waals surface area contributed by atoms with Crippen molar-refractivity contribution in [2.45, 2.75) is 51.9 Å². The summed E-state index contributed by atoms with van der Waals surface area (Å²) >= 11 is 0. The third kappa shape index (κ3) is 4.12. The Bertz CT molecular complexity index is 358. The highest BCUT2D eigenvalue weighted by Crippen LogP contribution is 2.38. The van der Waals surface area contributed by atoms with Crippen molar-refractivity contribution >= 4 is 12.0 Å². The van der Waals surface area contributed by atoms with E-state index in [1.807, 2.05) is 0 Å². The predicted octanol–water partition coefficient (Wildman–Crippen LogP) is 2.37. The molecule has 0 heterocycles. The molecule has 0 atom stereocenters. The Hall–Kier alpha value is -1.26. The molecule has 2 rings (SSSR count). The second-order valence-electron chi connectivity index (χ2n) is 6.61. The van der Waals surface area contributed by atoms with E-state index in [4.69, 9.17) is 0 Å². The van der Waals surface area contributed by atoms with Gasteiger partial charge in [-0.15, -0.1) is 0 Å². The van der Waals surface area contributed by atoms with E-state index in [1.54, 1.807) is 0 Å². The highest BCUT2D eigenvalue weighted by Gasteiger charge is 2.41. The van der Waals surface area contributed by atoms with Crippen molar-refractivity contribution in [1.82, 2.24) is 10.6 Å². The van der Waals surface area contributed by atoms with Gasteiger partial charge in [-0.1, -0.05) is 19.8 Å². The van der Waals surface area contributed by atoms with E-state index in [9.17, 15) is 14.7 Å². The molecule has 20 heavy (non-hydrogen) atoms. The summed E-state index contributed by atoms with van der Waals surface area (Å²) in [5.41, 5.74) is -0.764. The fourth-order valence-electron chi connectivity index (χ4n) is 2.89. The molecule has 2 aliphatic rings. The Morgan fingerprint density at radius 3 is 2.35 bits per heavy atom. The molecule has 0 aromatic heterocycles. The number of carbonyl (C=O) groups excluding carboxylic acids is 1. The molecule has 0 spiro atoms. The lowest BCUT2D eigenvalue weighted by Gasteiger charge is -2.35. The van der Waals surface area contributed by atoms with Crippen LogP contribution in [0.2, 0.25) is 0 Å². The molecule has 2 saturated carbocycles. The third-order valence-corrected chi connectivity index (χ3v) is 4.81. The predicted molar refractivity (Wildman–Crippen MR) is 76.4 cm³/mol. The molecular weight excluding hydrogens is 256 g/mol. The molecule has 2 fully saturated rings. The van der Waals surface area contributed by atoms with Gasteiger partial charge in [0.05, 0.1) is 5.41 Å². The minimum atomic E-state index is -0.775. The van der Waals surface area contributed by atoms with E-state index in [2.05, 4.69) is 17.6 Å². The zero-order valence-corrected chi connectivity index (χ0v) is 12.3. The monoisotopic (exact) mass is 282 g/mol. The molecule has 0 bridgehead atoms. The smallest absolute Gasteiger partial charge is 0.314 e. The van der Waals surface area contributed by atoms with E-state index in [0.717, 1.165) is 25.2 Å². The fourth-order valence-corrected chi connectivity index (χ4v) is 2.89. The quantitative estimate of drug-likeness (QED) is 0.700. The summed E-state index contributed by atoms with van der Waals surface area (Å²) in [5, 5.41) is 15.0. The van der Waals surface area contributed by atoms with Gasteiger partial charge < -0.3 is 15.7 Å². The normalized spacial score (nSPS) is 29.8. The van der Waals surface area contributed by atoms with Crippen molar-refractivity contribution in [3.05, 3.63) is 0 Å². The van der Waals surface area contributed by atoms with Crippen molar-refractivity contribution in [2.24, 2.45) is 17.3 Å². The second kappa shape index (κ2) is 6.46. The first-order chi connectivity index (χ1) is 9.52. The average molecular weight is 282 g/mol. The van der Waals surface area contributed by atoms with Crippen LogP contribution in [0.1, 0.15) is 51.9 Å². The molecule has 0 aromatic carbocycles. The number of rotatable bonds is 6. The van der Waals surface area contributed by atoms with Gasteiger partial charge in [-0.3, -0.25) is 4.79 Å². The first kappa shape index (κ1) is 15.1. The van der Waals surface area contributed by atoms with Crippen LogP contribution < -0.4 is 10.6 Å². The van der Waals surface area contributed by atoms with Gasteiger partial charge in [-0.25, -0.2) is 4.79 Å². The SMILES string of the molecule is CC1CCC(CNC(=O)NCCC2CC2)(C(=O)O)CC1. The average Bonchev–Trinajstić information content (AvgIpc) is 3.22.